The minimum atomic E-state index is 0.354. The maximum atomic E-state index is 4.61. The first kappa shape index (κ1) is 10.8. The fourth-order valence-corrected chi connectivity index (χ4v) is 5.84. The predicted molar refractivity (Wildman–Crippen MR) is 71.6 cm³/mol. The van der Waals surface area contributed by atoms with Crippen LogP contribution < -0.4 is 5.32 Å². The third-order valence-electron chi connectivity index (χ3n) is 6.13. The van der Waals surface area contributed by atoms with Gasteiger partial charge in [0.15, 0.2) is 0 Å². The van der Waals surface area contributed by atoms with Crippen molar-refractivity contribution in [3.05, 3.63) is 11.4 Å². The summed E-state index contributed by atoms with van der Waals surface area (Å²) in [6, 6.07) is 0. The van der Waals surface area contributed by atoms with Gasteiger partial charge >= 0.3 is 0 Å². The Balaban J connectivity index is 1.60. The number of nitrogens with one attached hydrogen (secondary N) is 1. The average molecular weight is 258 g/mol. The van der Waals surface area contributed by atoms with E-state index in [-0.39, 0.29) is 0 Å². The molecule has 1 aliphatic heterocycles. The van der Waals surface area contributed by atoms with Gasteiger partial charge in [0.25, 0.3) is 0 Å². The molecule has 0 atom stereocenters. The highest BCUT2D eigenvalue weighted by atomic mass is 15.5. The summed E-state index contributed by atoms with van der Waals surface area (Å²) in [7, 11) is 0. The number of fused-ring (bicyclic) bond motifs is 1. The van der Waals surface area contributed by atoms with E-state index in [1.54, 1.807) is 0 Å². The maximum Gasteiger partial charge on any atom is 0.0997 e. The highest BCUT2D eigenvalue weighted by Crippen LogP contribution is 2.58. The SMILES string of the molecule is C1Cc2c(nnn2C23CC4CC(CC(C4)C2)C3)CN1. The molecule has 4 nitrogen and oxygen atoms in total. The number of hydrogen-bond acceptors (Lipinski definition) is 3. The van der Waals surface area contributed by atoms with Gasteiger partial charge in [0, 0.05) is 19.5 Å². The molecule has 5 aliphatic rings. The third kappa shape index (κ3) is 1.44. The lowest BCUT2D eigenvalue weighted by Gasteiger charge is -2.56. The topological polar surface area (TPSA) is 42.7 Å². The summed E-state index contributed by atoms with van der Waals surface area (Å²) in [5.74, 6) is 2.94. The first-order valence-electron chi connectivity index (χ1n) is 7.97. The third-order valence-corrected chi connectivity index (χ3v) is 6.13. The molecule has 1 aromatic rings. The largest absolute Gasteiger partial charge is 0.311 e. The van der Waals surface area contributed by atoms with E-state index in [9.17, 15) is 0 Å². The molecular weight excluding hydrogens is 236 g/mol. The lowest BCUT2D eigenvalue weighted by molar-refractivity contribution is -0.0516. The minimum Gasteiger partial charge on any atom is -0.311 e. The van der Waals surface area contributed by atoms with E-state index in [1.165, 1.54) is 49.9 Å². The van der Waals surface area contributed by atoms with E-state index in [4.69, 9.17) is 0 Å². The van der Waals surface area contributed by atoms with Crippen molar-refractivity contribution in [2.45, 2.75) is 57.0 Å². The van der Waals surface area contributed by atoms with Crippen LogP contribution in [0.3, 0.4) is 0 Å². The first-order chi connectivity index (χ1) is 9.32. The quantitative estimate of drug-likeness (QED) is 0.836. The van der Waals surface area contributed by atoms with E-state index in [1.807, 2.05) is 0 Å². The first-order valence-corrected chi connectivity index (χ1v) is 7.97. The van der Waals surface area contributed by atoms with Gasteiger partial charge in [-0.1, -0.05) is 5.21 Å². The molecule has 19 heavy (non-hydrogen) atoms. The van der Waals surface area contributed by atoms with Crippen LogP contribution in [-0.2, 0) is 18.5 Å². The van der Waals surface area contributed by atoms with E-state index in [2.05, 4.69) is 20.3 Å². The predicted octanol–water partition coefficient (Wildman–Crippen LogP) is 1.85. The number of aromatic nitrogens is 3. The molecule has 0 saturated heterocycles. The normalized spacial score (nSPS) is 43.5. The van der Waals surface area contributed by atoms with E-state index in [0.29, 0.717) is 5.54 Å². The van der Waals surface area contributed by atoms with Crippen molar-refractivity contribution in [2.75, 3.05) is 6.54 Å². The maximum absolute atomic E-state index is 4.61. The van der Waals surface area contributed by atoms with Gasteiger partial charge in [0.05, 0.1) is 16.9 Å². The van der Waals surface area contributed by atoms with Crippen LogP contribution in [0.15, 0.2) is 0 Å². The van der Waals surface area contributed by atoms with Crippen molar-refractivity contribution in [3.63, 3.8) is 0 Å². The molecule has 4 aliphatic carbocycles. The van der Waals surface area contributed by atoms with Crippen LogP contribution in [0.4, 0.5) is 0 Å². The molecule has 2 heterocycles. The van der Waals surface area contributed by atoms with Gasteiger partial charge < -0.3 is 5.32 Å². The zero-order chi connectivity index (χ0) is 12.4. The van der Waals surface area contributed by atoms with E-state index < -0.39 is 0 Å². The van der Waals surface area contributed by atoms with Gasteiger partial charge in [0.1, 0.15) is 0 Å². The molecule has 102 valence electrons. The van der Waals surface area contributed by atoms with Crippen LogP contribution >= 0.6 is 0 Å². The highest BCUT2D eigenvalue weighted by molar-refractivity contribution is 5.17. The van der Waals surface area contributed by atoms with E-state index in [0.717, 1.165) is 37.3 Å². The Labute approximate surface area is 113 Å². The smallest absolute Gasteiger partial charge is 0.0997 e. The zero-order valence-corrected chi connectivity index (χ0v) is 11.4. The second kappa shape index (κ2) is 3.60. The fraction of sp³-hybridized carbons (Fsp3) is 0.867. The summed E-state index contributed by atoms with van der Waals surface area (Å²) < 4.78 is 2.40. The van der Waals surface area contributed by atoms with Crippen molar-refractivity contribution >= 4 is 0 Å². The average Bonchev–Trinajstić information content (AvgIpc) is 2.81. The Kier molecular flexibility index (Phi) is 2.05. The summed E-state index contributed by atoms with van der Waals surface area (Å²) in [5.41, 5.74) is 3.01. The molecule has 0 spiro atoms. The molecule has 1 aromatic heterocycles. The molecule has 0 aromatic carbocycles. The van der Waals surface area contributed by atoms with Crippen LogP contribution in [-0.4, -0.2) is 21.5 Å². The second-order valence-corrected chi connectivity index (χ2v) is 7.46. The lowest BCUT2D eigenvalue weighted by atomic mass is 9.53. The minimum absolute atomic E-state index is 0.354. The van der Waals surface area contributed by atoms with Gasteiger partial charge in [-0.25, -0.2) is 4.68 Å². The Morgan fingerprint density at radius 2 is 1.74 bits per heavy atom. The number of hydrogen-bond donors (Lipinski definition) is 1. The number of rotatable bonds is 1. The standard InChI is InChI=1S/C15H22N4/c1-2-16-9-13-14(1)19(18-17-13)15-6-10-3-11(7-15)5-12(4-10)8-15/h10-12,16H,1-9H2. The van der Waals surface area contributed by atoms with Gasteiger partial charge in [-0.15, -0.1) is 5.10 Å². The fourth-order valence-electron chi connectivity index (χ4n) is 5.84. The molecule has 0 unspecified atom stereocenters. The zero-order valence-electron chi connectivity index (χ0n) is 11.4. The molecule has 0 amide bonds. The Morgan fingerprint density at radius 1 is 1.05 bits per heavy atom. The van der Waals surface area contributed by atoms with Crippen LogP contribution in [0.25, 0.3) is 0 Å². The van der Waals surface area contributed by atoms with Crippen LogP contribution in [0.2, 0.25) is 0 Å². The Hall–Kier alpha value is -0.900. The molecule has 4 heteroatoms. The summed E-state index contributed by atoms with van der Waals surface area (Å²) >= 11 is 0. The molecule has 4 saturated carbocycles. The Bertz CT molecular complexity index is 483. The monoisotopic (exact) mass is 258 g/mol. The molecule has 4 bridgehead atoms. The van der Waals surface area contributed by atoms with Crippen LogP contribution in [0.1, 0.15) is 49.9 Å². The summed E-state index contributed by atoms with van der Waals surface area (Å²) in [4.78, 5) is 0. The van der Waals surface area contributed by atoms with Gasteiger partial charge in [0.2, 0.25) is 0 Å². The summed E-state index contributed by atoms with van der Waals surface area (Å²) in [6.45, 7) is 2.01. The van der Waals surface area contributed by atoms with Crippen molar-refractivity contribution < 1.29 is 0 Å². The summed E-state index contributed by atoms with van der Waals surface area (Å²) in [6.07, 6.45) is 9.74. The van der Waals surface area contributed by atoms with Crippen LogP contribution in [0.5, 0.6) is 0 Å². The molecule has 0 radical (unpaired) electrons. The van der Waals surface area contributed by atoms with Crippen molar-refractivity contribution in [2.24, 2.45) is 17.8 Å². The van der Waals surface area contributed by atoms with Gasteiger partial charge in [-0.05, 0) is 56.3 Å². The van der Waals surface area contributed by atoms with Crippen molar-refractivity contribution in [3.8, 4) is 0 Å². The molecule has 1 N–H and O–H groups in total. The van der Waals surface area contributed by atoms with Crippen molar-refractivity contribution in [1.82, 2.24) is 20.3 Å². The highest BCUT2D eigenvalue weighted by Gasteiger charge is 2.53. The lowest BCUT2D eigenvalue weighted by Crippen LogP contribution is -2.53. The molecule has 4 fully saturated rings. The van der Waals surface area contributed by atoms with Gasteiger partial charge in [-0.3, -0.25) is 0 Å². The Morgan fingerprint density at radius 3 is 2.42 bits per heavy atom. The molecule has 6 rings (SSSR count). The van der Waals surface area contributed by atoms with Crippen LogP contribution in [0, 0.1) is 17.8 Å². The van der Waals surface area contributed by atoms with E-state index >= 15 is 0 Å². The summed E-state index contributed by atoms with van der Waals surface area (Å²) in [5, 5.41) is 12.5. The van der Waals surface area contributed by atoms with Crippen molar-refractivity contribution in [1.29, 1.82) is 0 Å². The second-order valence-electron chi connectivity index (χ2n) is 7.46. The molecular formula is C15H22N4. The number of nitrogens with zero attached hydrogens (tertiary/aromatic N) is 3. The van der Waals surface area contributed by atoms with Gasteiger partial charge in [-0.2, -0.15) is 0 Å².